The number of ether oxygens (including phenoxy) is 1. The number of rotatable bonds is 1. The van der Waals surface area contributed by atoms with Gasteiger partial charge in [-0.25, -0.2) is 4.39 Å². The minimum absolute atomic E-state index is 0.0566. The second-order valence-corrected chi connectivity index (χ2v) is 5.64. The van der Waals surface area contributed by atoms with Crippen molar-refractivity contribution in [2.24, 2.45) is 0 Å². The van der Waals surface area contributed by atoms with E-state index in [4.69, 9.17) is 4.74 Å². The number of aryl methyl sites for hydroxylation is 2. The Balaban J connectivity index is 2.47. The molecule has 1 aromatic rings. The molecule has 1 aromatic carbocycles. The molecule has 1 saturated heterocycles. The topological polar surface area (TPSA) is 29.5 Å². The van der Waals surface area contributed by atoms with Crippen LogP contribution < -0.4 is 0 Å². The number of hydrogen-bond acceptors (Lipinski definition) is 2. The maximum Gasteiger partial charge on any atom is 0.129 e. The predicted molar refractivity (Wildman–Crippen MR) is 69.0 cm³/mol. The Kier molecular flexibility index (Phi) is 3.47. The number of benzene rings is 1. The van der Waals surface area contributed by atoms with Crippen LogP contribution in [0.2, 0.25) is 0 Å². The van der Waals surface area contributed by atoms with Crippen LogP contribution >= 0.6 is 0 Å². The fourth-order valence-electron chi connectivity index (χ4n) is 3.24. The molecule has 0 aromatic heterocycles. The molecular formula is C15H21FO2. The van der Waals surface area contributed by atoms with Crippen LogP contribution in [0.25, 0.3) is 0 Å². The van der Waals surface area contributed by atoms with Gasteiger partial charge in [0.2, 0.25) is 0 Å². The van der Waals surface area contributed by atoms with Gasteiger partial charge < -0.3 is 9.84 Å². The molecule has 2 unspecified atom stereocenters. The van der Waals surface area contributed by atoms with Crippen molar-refractivity contribution in [1.29, 1.82) is 0 Å². The second-order valence-electron chi connectivity index (χ2n) is 5.64. The van der Waals surface area contributed by atoms with E-state index in [9.17, 15) is 9.50 Å². The van der Waals surface area contributed by atoms with E-state index in [0.29, 0.717) is 18.4 Å². The summed E-state index contributed by atoms with van der Waals surface area (Å²) < 4.78 is 19.8. The summed E-state index contributed by atoms with van der Waals surface area (Å²) in [6.07, 6.45) is 0.772. The Bertz CT molecular complexity index is 423. The van der Waals surface area contributed by atoms with E-state index < -0.39 is 5.60 Å². The average Bonchev–Trinajstić information content (AvgIpc) is 2.11. The normalized spacial score (nSPS) is 32.6. The monoisotopic (exact) mass is 252 g/mol. The van der Waals surface area contributed by atoms with Crippen molar-refractivity contribution in [1.82, 2.24) is 0 Å². The molecule has 1 heterocycles. The highest BCUT2D eigenvalue weighted by Gasteiger charge is 2.40. The van der Waals surface area contributed by atoms with Gasteiger partial charge in [0.05, 0.1) is 17.8 Å². The fraction of sp³-hybridized carbons (Fsp3) is 0.600. The van der Waals surface area contributed by atoms with Crippen LogP contribution in [-0.4, -0.2) is 17.3 Å². The average molecular weight is 252 g/mol. The lowest BCUT2D eigenvalue weighted by Crippen LogP contribution is -2.42. The van der Waals surface area contributed by atoms with Crippen LogP contribution in [0.15, 0.2) is 12.1 Å². The first kappa shape index (κ1) is 13.5. The van der Waals surface area contributed by atoms with Gasteiger partial charge in [-0.3, -0.25) is 0 Å². The van der Waals surface area contributed by atoms with E-state index in [1.54, 1.807) is 0 Å². The molecule has 0 spiro atoms. The minimum atomic E-state index is -1.11. The lowest BCUT2D eigenvalue weighted by atomic mass is 9.79. The van der Waals surface area contributed by atoms with E-state index in [0.717, 1.165) is 11.1 Å². The molecule has 1 aliphatic heterocycles. The van der Waals surface area contributed by atoms with Gasteiger partial charge in [0.1, 0.15) is 5.82 Å². The highest BCUT2D eigenvalue weighted by molar-refractivity contribution is 5.36. The van der Waals surface area contributed by atoms with Crippen LogP contribution in [-0.2, 0) is 10.3 Å². The third kappa shape index (κ3) is 2.43. The summed E-state index contributed by atoms with van der Waals surface area (Å²) in [6, 6.07) is 3.41. The number of aliphatic hydroxyl groups is 1. The van der Waals surface area contributed by atoms with Gasteiger partial charge in [-0.15, -0.1) is 0 Å². The first-order valence-electron chi connectivity index (χ1n) is 6.47. The van der Waals surface area contributed by atoms with Crippen LogP contribution in [0.5, 0.6) is 0 Å². The van der Waals surface area contributed by atoms with Crippen LogP contribution in [0, 0.1) is 19.7 Å². The maximum absolute atomic E-state index is 14.2. The summed E-state index contributed by atoms with van der Waals surface area (Å²) in [5.74, 6) is -0.309. The Labute approximate surface area is 108 Å². The smallest absolute Gasteiger partial charge is 0.129 e. The summed E-state index contributed by atoms with van der Waals surface area (Å²) >= 11 is 0. The zero-order valence-corrected chi connectivity index (χ0v) is 11.5. The molecule has 0 saturated carbocycles. The van der Waals surface area contributed by atoms with Gasteiger partial charge in [-0.2, -0.15) is 0 Å². The van der Waals surface area contributed by atoms with E-state index >= 15 is 0 Å². The van der Waals surface area contributed by atoms with Gasteiger partial charge in [-0.1, -0.05) is 6.07 Å². The largest absolute Gasteiger partial charge is 0.385 e. The van der Waals surface area contributed by atoms with Gasteiger partial charge in [0.15, 0.2) is 0 Å². The zero-order chi connectivity index (χ0) is 13.5. The van der Waals surface area contributed by atoms with Crippen molar-refractivity contribution in [2.45, 2.75) is 58.3 Å². The Morgan fingerprint density at radius 3 is 2.28 bits per heavy atom. The molecule has 0 aliphatic carbocycles. The molecule has 1 aliphatic rings. The summed E-state index contributed by atoms with van der Waals surface area (Å²) in [6.45, 7) is 7.55. The molecule has 2 atom stereocenters. The Morgan fingerprint density at radius 1 is 1.22 bits per heavy atom. The summed E-state index contributed by atoms with van der Waals surface area (Å²) in [5.41, 5.74) is 1.02. The first-order valence-corrected chi connectivity index (χ1v) is 6.47. The van der Waals surface area contributed by atoms with Crippen molar-refractivity contribution in [3.05, 3.63) is 34.6 Å². The molecule has 0 bridgehead atoms. The van der Waals surface area contributed by atoms with Gasteiger partial charge >= 0.3 is 0 Å². The number of halogens is 1. The van der Waals surface area contributed by atoms with Crippen molar-refractivity contribution in [2.75, 3.05) is 0 Å². The standard InChI is InChI=1S/C15H21FO2/c1-9-5-10(2)14(13(16)6-9)15(17)7-11(3)18-12(4)8-15/h5-6,11-12,17H,7-8H2,1-4H3. The lowest BCUT2D eigenvalue weighted by Gasteiger charge is -2.40. The molecular weight excluding hydrogens is 231 g/mol. The van der Waals surface area contributed by atoms with E-state index in [-0.39, 0.29) is 18.0 Å². The maximum atomic E-state index is 14.2. The molecule has 0 amide bonds. The van der Waals surface area contributed by atoms with Crippen molar-refractivity contribution in [3.63, 3.8) is 0 Å². The van der Waals surface area contributed by atoms with Gasteiger partial charge in [0.25, 0.3) is 0 Å². The highest BCUT2D eigenvalue weighted by atomic mass is 19.1. The fourth-order valence-corrected chi connectivity index (χ4v) is 3.24. The van der Waals surface area contributed by atoms with E-state index in [1.165, 1.54) is 6.07 Å². The van der Waals surface area contributed by atoms with Gasteiger partial charge in [-0.05, 0) is 44.9 Å². The summed E-state index contributed by atoms with van der Waals surface area (Å²) in [5, 5.41) is 10.8. The van der Waals surface area contributed by atoms with Crippen LogP contribution in [0.3, 0.4) is 0 Å². The highest BCUT2D eigenvalue weighted by Crippen LogP contribution is 2.40. The third-order valence-electron chi connectivity index (χ3n) is 3.61. The molecule has 100 valence electrons. The first-order chi connectivity index (χ1) is 8.32. The summed E-state index contributed by atoms with van der Waals surface area (Å²) in [4.78, 5) is 0. The minimum Gasteiger partial charge on any atom is -0.385 e. The van der Waals surface area contributed by atoms with Crippen molar-refractivity contribution >= 4 is 0 Å². The number of hydrogen-bond donors (Lipinski definition) is 1. The summed E-state index contributed by atoms with van der Waals surface area (Å²) in [7, 11) is 0. The van der Waals surface area contributed by atoms with Crippen molar-refractivity contribution < 1.29 is 14.2 Å². The van der Waals surface area contributed by atoms with Gasteiger partial charge in [0, 0.05) is 18.4 Å². The molecule has 1 fully saturated rings. The SMILES string of the molecule is Cc1cc(C)c(C2(O)CC(C)OC(C)C2)c(F)c1. The Morgan fingerprint density at radius 2 is 1.78 bits per heavy atom. The molecule has 18 heavy (non-hydrogen) atoms. The molecule has 3 heteroatoms. The van der Waals surface area contributed by atoms with Crippen LogP contribution in [0.1, 0.15) is 43.4 Å². The van der Waals surface area contributed by atoms with Crippen LogP contribution in [0.4, 0.5) is 4.39 Å². The molecule has 0 radical (unpaired) electrons. The molecule has 2 nitrogen and oxygen atoms in total. The Hall–Kier alpha value is -0.930. The second kappa shape index (κ2) is 4.63. The third-order valence-corrected chi connectivity index (χ3v) is 3.61. The van der Waals surface area contributed by atoms with E-state index in [2.05, 4.69) is 0 Å². The molecule has 2 rings (SSSR count). The molecule has 1 N–H and O–H groups in total. The predicted octanol–water partition coefficient (Wildman–Crippen LogP) is 3.22. The lowest BCUT2D eigenvalue weighted by molar-refractivity contribution is -0.137. The quantitative estimate of drug-likeness (QED) is 0.831. The zero-order valence-electron chi connectivity index (χ0n) is 11.5. The van der Waals surface area contributed by atoms with E-state index in [1.807, 2.05) is 33.8 Å². The van der Waals surface area contributed by atoms with Crippen molar-refractivity contribution in [3.8, 4) is 0 Å².